The fraction of sp³-hybridized carbons (Fsp3) is 0.480. The molecule has 3 rings (SSSR count). The van der Waals surface area contributed by atoms with Crippen LogP contribution in [0.4, 0.5) is 9.80 Å². The highest BCUT2D eigenvalue weighted by Crippen LogP contribution is 2.37. The number of ether oxygens (including phenoxy) is 1. The van der Waals surface area contributed by atoms with Gasteiger partial charge >= 0.3 is 6.09 Å². The Hall–Kier alpha value is -2.94. The lowest BCUT2D eigenvalue weighted by Gasteiger charge is -2.25. The first kappa shape index (κ1) is 27.6. The Morgan fingerprint density at radius 1 is 1.17 bits per heavy atom. The van der Waals surface area contributed by atoms with Gasteiger partial charge in [0.05, 0.1) is 24.1 Å². The van der Waals surface area contributed by atoms with E-state index < -0.39 is 22.0 Å². The van der Waals surface area contributed by atoms with Crippen molar-refractivity contribution >= 4 is 38.4 Å². The average molecular weight is 533 g/mol. The minimum absolute atomic E-state index is 0.132. The quantitative estimate of drug-likeness (QED) is 0.541. The van der Waals surface area contributed by atoms with Crippen LogP contribution < -0.4 is 5.32 Å². The van der Waals surface area contributed by atoms with Crippen LogP contribution >= 0.6 is 11.3 Å². The van der Waals surface area contributed by atoms with Crippen molar-refractivity contribution < 1.29 is 22.7 Å². The van der Waals surface area contributed by atoms with Crippen LogP contribution in [-0.2, 0) is 27.7 Å². The third-order valence-electron chi connectivity index (χ3n) is 5.72. The third-order valence-corrected chi connectivity index (χ3v) is 8.70. The van der Waals surface area contributed by atoms with Crippen molar-refractivity contribution in [1.29, 1.82) is 5.26 Å². The summed E-state index contributed by atoms with van der Waals surface area (Å²) in [5, 5.41) is 12.9. The Morgan fingerprint density at radius 3 is 2.31 bits per heavy atom. The van der Waals surface area contributed by atoms with E-state index in [0.29, 0.717) is 43.2 Å². The maximum Gasteiger partial charge on any atom is 0.409 e. The number of rotatable bonds is 8. The lowest BCUT2D eigenvalue weighted by molar-refractivity contribution is 0.102. The van der Waals surface area contributed by atoms with Gasteiger partial charge in [-0.15, -0.1) is 11.3 Å². The predicted octanol–water partition coefficient (Wildman–Crippen LogP) is 4.30. The van der Waals surface area contributed by atoms with Crippen molar-refractivity contribution in [3.05, 3.63) is 45.8 Å². The number of nitrogens with zero attached hydrogens (tertiary/aromatic N) is 3. The van der Waals surface area contributed by atoms with Gasteiger partial charge in [0.25, 0.3) is 5.91 Å². The van der Waals surface area contributed by atoms with Gasteiger partial charge in [-0.05, 0) is 48.1 Å². The van der Waals surface area contributed by atoms with Crippen LogP contribution in [0.25, 0.3) is 0 Å². The number of hydrogen-bond donors (Lipinski definition) is 1. The van der Waals surface area contributed by atoms with Crippen LogP contribution in [0.5, 0.6) is 0 Å². The molecule has 9 nitrogen and oxygen atoms in total. The van der Waals surface area contributed by atoms with Crippen LogP contribution in [0, 0.1) is 23.2 Å². The Bertz CT molecular complexity index is 1250. The zero-order valence-electron chi connectivity index (χ0n) is 21.2. The summed E-state index contributed by atoms with van der Waals surface area (Å²) >= 11 is 1.26. The molecule has 0 saturated carbocycles. The van der Waals surface area contributed by atoms with Crippen LogP contribution in [-0.4, -0.2) is 56.4 Å². The van der Waals surface area contributed by atoms with Gasteiger partial charge in [0.15, 0.2) is 0 Å². The molecule has 0 aliphatic carbocycles. The van der Waals surface area contributed by atoms with E-state index in [2.05, 4.69) is 11.4 Å². The van der Waals surface area contributed by atoms with E-state index in [9.17, 15) is 23.3 Å². The van der Waals surface area contributed by atoms with Gasteiger partial charge in [0.1, 0.15) is 11.1 Å². The largest absolute Gasteiger partial charge is 0.453 e. The molecule has 36 heavy (non-hydrogen) atoms. The summed E-state index contributed by atoms with van der Waals surface area (Å²) in [6, 6.07) is 8.00. The zero-order chi connectivity index (χ0) is 26.6. The molecule has 1 N–H and O–H groups in total. The SMILES string of the molecule is COC(=O)N1CCc2c(sc(NC(=O)c3ccc(S(=O)(=O)N(CC(C)C)CC(C)C)cc3)c2C#N)C1. The highest BCUT2D eigenvalue weighted by molar-refractivity contribution is 7.89. The van der Waals surface area contributed by atoms with Gasteiger partial charge in [-0.2, -0.15) is 9.57 Å². The Labute approximate surface area is 216 Å². The monoisotopic (exact) mass is 532 g/mol. The fourth-order valence-electron chi connectivity index (χ4n) is 4.08. The normalized spacial score (nSPS) is 13.6. The Kier molecular flexibility index (Phi) is 8.76. The molecular weight excluding hydrogens is 500 g/mol. The first-order valence-electron chi connectivity index (χ1n) is 11.8. The fourth-order valence-corrected chi connectivity index (χ4v) is 7.06. The molecule has 0 spiro atoms. The topological polar surface area (TPSA) is 120 Å². The Balaban J connectivity index is 1.79. The third kappa shape index (κ3) is 6.06. The van der Waals surface area contributed by atoms with Crippen LogP contribution in [0.15, 0.2) is 29.2 Å². The molecule has 2 heterocycles. The van der Waals surface area contributed by atoms with E-state index in [1.165, 1.54) is 47.0 Å². The summed E-state index contributed by atoms with van der Waals surface area (Å²) in [5.74, 6) is -0.0940. The summed E-state index contributed by atoms with van der Waals surface area (Å²) in [7, 11) is -2.38. The maximum atomic E-state index is 13.2. The minimum atomic E-state index is -3.70. The van der Waals surface area contributed by atoms with E-state index in [1.807, 2.05) is 27.7 Å². The minimum Gasteiger partial charge on any atom is -0.453 e. The molecule has 0 saturated heterocycles. The van der Waals surface area contributed by atoms with E-state index in [0.717, 1.165) is 10.4 Å². The standard InChI is InChI=1S/C25H32N4O5S2/c1-16(2)13-29(14-17(3)4)36(32,33)19-8-6-18(7-9-19)23(30)27-24-21(12-26)20-10-11-28(25(31)34-5)15-22(20)35-24/h6-9,16-17H,10-11,13-15H2,1-5H3,(H,27,30). The van der Waals surface area contributed by atoms with Crippen LogP contribution in [0.2, 0.25) is 0 Å². The van der Waals surface area contributed by atoms with Gasteiger partial charge < -0.3 is 15.0 Å². The zero-order valence-corrected chi connectivity index (χ0v) is 22.8. The summed E-state index contributed by atoms with van der Waals surface area (Å²) in [6.07, 6.45) is 0.0590. The van der Waals surface area contributed by atoms with Crippen molar-refractivity contribution in [3.63, 3.8) is 0 Å². The summed E-state index contributed by atoms with van der Waals surface area (Å²) in [5.41, 5.74) is 1.50. The summed E-state index contributed by atoms with van der Waals surface area (Å²) in [6.45, 7) is 9.46. The number of thiophene rings is 1. The molecule has 194 valence electrons. The van der Waals surface area contributed by atoms with E-state index >= 15 is 0 Å². The number of sulfonamides is 1. The average Bonchev–Trinajstić information content (AvgIpc) is 3.18. The number of anilines is 1. The second-order valence-electron chi connectivity index (χ2n) is 9.55. The molecule has 1 aromatic carbocycles. The highest BCUT2D eigenvalue weighted by atomic mass is 32.2. The van der Waals surface area contributed by atoms with E-state index in [-0.39, 0.29) is 22.3 Å². The van der Waals surface area contributed by atoms with Crippen molar-refractivity contribution in [3.8, 4) is 6.07 Å². The molecule has 0 atom stereocenters. The molecule has 0 bridgehead atoms. The molecule has 0 fully saturated rings. The smallest absolute Gasteiger partial charge is 0.409 e. The molecule has 2 aromatic rings. The lowest BCUT2D eigenvalue weighted by atomic mass is 10.0. The first-order valence-corrected chi connectivity index (χ1v) is 14.0. The number of nitriles is 1. The molecule has 11 heteroatoms. The van der Waals surface area contributed by atoms with Crippen LogP contribution in [0.1, 0.15) is 54.1 Å². The number of carbonyl (C=O) groups is 2. The van der Waals surface area contributed by atoms with Gasteiger partial charge in [0.2, 0.25) is 10.0 Å². The number of benzene rings is 1. The van der Waals surface area contributed by atoms with Gasteiger partial charge in [-0.3, -0.25) is 4.79 Å². The highest BCUT2D eigenvalue weighted by Gasteiger charge is 2.29. The second-order valence-corrected chi connectivity index (χ2v) is 12.6. The molecule has 0 unspecified atom stereocenters. The number of fused-ring (bicyclic) bond motifs is 1. The molecular formula is C25H32N4O5S2. The van der Waals surface area contributed by atoms with Crippen LogP contribution in [0.3, 0.4) is 0 Å². The predicted molar refractivity (Wildman–Crippen MR) is 138 cm³/mol. The second kappa shape index (κ2) is 11.4. The molecule has 0 radical (unpaired) electrons. The summed E-state index contributed by atoms with van der Waals surface area (Å²) < 4.78 is 32.7. The molecule has 2 amide bonds. The molecule has 1 aliphatic rings. The van der Waals surface area contributed by atoms with Crippen molar-refractivity contribution in [2.24, 2.45) is 11.8 Å². The maximum absolute atomic E-state index is 13.2. The van der Waals surface area contributed by atoms with Gasteiger partial charge in [-0.1, -0.05) is 27.7 Å². The van der Waals surface area contributed by atoms with Gasteiger partial charge in [0, 0.05) is 30.1 Å². The number of methoxy groups -OCH3 is 1. The van der Waals surface area contributed by atoms with Crippen molar-refractivity contribution in [1.82, 2.24) is 9.21 Å². The van der Waals surface area contributed by atoms with E-state index in [4.69, 9.17) is 4.74 Å². The molecule has 1 aromatic heterocycles. The lowest BCUT2D eigenvalue weighted by Crippen LogP contribution is -2.37. The number of nitrogens with one attached hydrogen (secondary N) is 1. The van der Waals surface area contributed by atoms with E-state index in [1.54, 1.807) is 4.90 Å². The first-order chi connectivity index (χ1) is 17.0. The van der Waals surface area contributed by atoms with Gasteiger partial charge in [-0.25, -0.2) is 13.2 Å². The van der Waals surface area contributed by atoms with Crippen molar-refractivity contribution in [2.45, 2.75) is 45.6 Å². The number of amides is 2. The summed E-state index contributed by atoms with van der Waals surface area (Å²) in [4.78, 5) is 27.3. The Morgan fingerprint density at radius 2 is 1.78 bits per heavy atom. The number of hydrogen-bond acceptors (Lipinski definition) is 7. The number of carbonyl (C=O) groups excluding carboxylic acids is 2. The van der Waals surface area contributed by atoms with Crippen molar-refractivity contribution in [2.75, 3.05) is 32.1 Å². The molecule has 1 aliphatic heterocycles.